The predicted molar refractivity (Wildman–Crippen MR) is 122 cm³/mol. The Hall–Kier alpha value is -3.91. The van der Waals surface area contributed by atoms with Gasteiger partial charge in [0.25, 0.3) is 5.69 Å². The Bertz CT molecular complexity index is 1240. The van der Waals surface area contributed by atoms with E-state index in [1.54, 1.807) is 12.1 Å². The molecule has 0 spiro atoms. The zero-order valence-corrected chi connectivity index (χ0v) is 17.4. The van der Waals surface area contributed by atoms with Crippen molar-refractivity contribution < 1.29 is 9.50 Å². The number of nitro benzene ring substituents is 1. The van der Waals surface area contributed by atoms with Crippen LogP contribution in [0.25, 0.3) is 11.1 Å². The highest BCUT2D eigenvalue weighted by molar-refractivity contribution is 6.18. The van der Waals surface area contributed by atoms with Crippen LogP contribution in [-0.2, 0) is 0 Å². The number of hydrogen-bond acceptors (Lipinski definition) is 3. The summed E-state index contributed by atoms with van der Waals surface area (Å²) < 4.78 is 2.09. The van der Waals surface area contributed by atoms with E-state index in [2.05, 4.69) is 57.7 Å². The Morgan fingerprint density at radius 1 is 0.933 bits per heavy atom. The Morgan fingerprint density at radius 2 is 1.67 bits per heavy atom. The Morgan fingerprint density at radius 3 is 2.30 bits per heavy atom. The van der Waals surface area contributed by atoms with Crippen LogP contribution in [0.5, 0.6) is 0 Å². The second-order valence-electron chi connectivity index (χ2n) is 7.68. The average molecular weight is 396 g/mol. The van der Waals surface area contributed by atoms with Crippen molar-refractivity contribution >= 4 is 28.2 Å². The molecule has 0 aliphatic heterocycles. The van der Waals surface area contributed by atoms with Crippen LogP contribution in [-0.4, -0.2) is 43.4 Å². The van der Waals surface area contributed by atoms with Gasteiger partial charge in [-0.3, -0.25) is 10.1 Å². The summed E-state index contributed by atoms with van der Waals surface area (Å²) in [5, 5.41) is 10.9. The highest BCUT2D eigenvalue weighted by Gasteiger charge is 2.28. The molecule has 30 heavy (non-hydrogen) atoms. The molecule has 2 aliphatic rings. The SMILES string of the molecule is CN(C)c1ccc2c(c1)C1=CC(=[N+](C)C)C=CC1=C2C#Cc1ccc([N+](=O)[O-])cc1. The van der Waals surface area contributed by atoms with Crippen molar-refractivity contribution in [3.8, 4) is 11.8 Å². The molecule has 0 fully saturated rings. The number of anilines is 1. The van der Waals surface area contributed by atoms with E-state index in [1.165, 1.54) is 23.3 Å². The fraction of sp³-hybridized carbons (Fsp3) is 0.160. The van der Waals surface area contributed by atoms with Crippen LogP contribution >= 0.6 is 0 Å². The fourth-order valence-corrected chi connectivity index (χ4v) is 3.58. The molecule has 5 nitrogen and oxygen atoms in total. The van der Waals surface area contributed by atoms with Gasteiger partial charge in [-0.25, -0.2) is 4.58 Å². The number of hydrogen-bond donors (Lipinski definition) is 0. The molecule has 0 unspecified atom stereocenters. The number of nitro groups is 1. The van der Waals surface area contributed by atoms with E-state index in [0.717, 1.165) is 33.7 Å². The highest BCUT2D eigenvalue weighted by Crippen LogP contribution is 2.44. The molecule has 2 aliphatic carbocycles. The van der Waals surface area contributed by atoms with Gasteiger partial charge >= 0.3 is 0 Å². The minimum absolute atomic E-state index is 0.0668. The van der Waals surface area contributed by atoms with Gasteiger partial charge in [-0.15, -0.1) is 0 Å². The number of benzene rings is 2. The quantitative estimate of drug-likeness (QED) is 0.332. The third-order valence-electron chi connectivity index (χ3n) is 5.28. The molecule has 5 heteroatoms. The van der Waals surface area contributed by atoms with Crippen molar-refractivity contribution in [2.24, 2.45) is 0 Å². The van der Waals surface area contributed by atoms with Crippen molar-refractivity contribution in [2.45, 2.75) is 0 Å². The van der Waals surface area contributed by atoms with E-state index in [1.807, 2.05) is 28.2 Å². The van der Waals surface area contributed by atoms with Gasteiger partial charge in [0.05, 0.1) is 4.92 Å². The third-order valence-corrected chi connectivity index (χ3v) is 5.28. The minimum atomic E-state index is -0.403. The molecular weight excluding hydrogens is 374 g/mol. The van der Waals surface area contributed by atoms with Gasteiger partial charge in [0.2, 0.25) is 0 Å². The molecule has 148 valence electrons. The smallest absolute Gasteiger partial charge is 0.269 e. The van der Waals surface area contributed by atoms with Crippen LogP contribution in [0.1, 0.15) is 16.7 Å². The van der Waals surface area contributed by atoms with Crippen LogP contribution in [0.15, 0.2) is 66.3 Å². The number of allylic oxidation sites excluding steroid dienone is 6. The monoisotopic (exact) mass is 396 g/mol. The minimum Gasteiger partial charge on any atom is -0.378 e. The Balaban J connectivity index is 1.83. The van der Waals surface area contributed by atoms with Crippen molar-refractivity contribution in [1.82, 2.24) is 0 Å². The zero-order valence-electron chi connectivity index (χ0n) is 17.4. The maximum atomic E-state index is 10.9. The van der Waals surface area contributed by atoms with Gasteiger partial charge in [-0.2, -0.15) is 0 Å². The van der Waals surface area contributed by atoms with E-state index in [4.69, 9.17) is 0 Å². The molecule has 0 saturated heterocycles. The second kappa shape index (κ2) is 7.49. The van der Waals surface area contributed by atoms with E-state index >= 15 is 0 Å². The summed E-state index contributed by atoms with van der Waals surface area (Å²) in [7, 11) is 8.14. The van der Waals surface area contributed by atoms with Crippen molar-refractivity contribution in [1.29, 1.82) is 0 Å². The summed E-state index contributed by atoms with van der Waals surface area (Å²) in [5.74, 6) is 6.50. The molecule has 0 bridgehead atoms. The molecule has 0 N–H and O–H groups in total. The Kier molecular flexibility index (Phi) is 4.85. The summed E-state index contributed by atoms with van der Waals surface area (Å²) in [5.41, 5.74) is 8.64. The lowest BCUT2D eigenvalue weighted by Crippen LogP contribution is -2.11. The number of non-ortho nitro benzene ring substituents is 1. The molecule has 0 atom stereocenters. The molecule has 0 radical (unpaired) electrons. The number of fused-ring (bicyclic) bond motifs is 3. The summed E-state index contributed by atoms with van der Waals surface area (Å²) in [6.45, 7) is 0. The van der Waals surface area contributed by atoms with Gasteiger partial charge in [0, 0.05) is 55.2 Å². The summed E-state index contributed by atoms with van der Waals surface area (Å²) in [6.07, 6.45) is 6.43. The molecule has 2 aromatic rings. The fourth-order valence-electron chi connectivity index (χ4n) is 3.58. The molecule has 0 amide bonds. The second-order valence-corrected chi connectivity index (χ2v) is 7.68. The van der Waals surface area contributed by atoms with Gasteiger partial charge in [-0.05, 0) is 52.6 Å². The van der Waals surface area contributed by atoms with Gasteiger partial charge in [-0.1, -0.05) is 17.9 Å². The predicted octanol–water partition coefficient (Wildman–Crippen LogP) is 4.15. The summed E-state index contributed by atoms with van der Waals surface area (Å²) in [4.78, 5) is 12.6. The molecule has 0 heterocycles. The lowest BCUT2D eigenvalue weighted by atomic mass is 9.96. The maximum Gasteiger partial charge on any atom is 0.269 e. The molecule has 0 aromatic heterocycles. The first-order valence-corrected chi connectivity index (χ1v) is 9.62. The largest absolute Gasteiger partial charge is 0.378 e. The van der Waals surface area contributed by atoms with Gasteiger partial charge < -0.3 is 4.90 Å². The van der Waals surface area contributed by atoms with Crippen LogP contribution < -0.4 is 4.90 Å². The van der Waals surface area contributed by atoms with Crippen molar-refractivity contribution in [3.63, 3.8) is 0 Å². The number of nitrogens with zero attached hydrogens (tertiary/aromatic N) is 3. The molecule has 4 rings (SSSR count). The van der Waals surface area contributed by atoms with E-state index in [-0.39, 0.29) is 5.69 Å². The lowest BCUT2D eigenvalue weighted by molar-refractivity contribution is -0.462. The van der Waals surface area contributed by atoms with E-state index in [9.17, 15) is 10.1 Å². The number of rotatable bonds is 2. The Labute approximate surface area is 176 Å². The first-order valence-electron chi connectivity index (χ1n) is 9.62. The molecular formula is C25H22N3O2+. The van der Waals surface area contributed by atoms with Crippen LogP contribution in [0.2, 0.25) is 0 Å². The first-order chi connectivity index (χ1) is 14.3. The average Bonchev–Trinajstić information content (AvgIpc) is 3.04. The van der Waals surface area contributed by atoms with Crippen molar-refractivity contribution in [2.75, 3.05) is 33.1 Å². The lowest BCUT2D eigenvalue weighted by Gasteiger charge is -2.15. The van der Waals surface area contributed by atoms with Crippen LogP contribution in [0, 0.1) is 22.0 Å². The highest BCUT2D eigenvalue weighted by atomic mass is 16.6. The topological polar surface area (TPSA) is 49.4 Å². The van der Waals surface area contributed by atoms with Gasteiger partial charge in [0.1, 0.15) is 14.1 Å². The molecule has 0 saturated carbocycles. The zero-order chi connectivity index (χ0) is 21.4. The normalized spacial score (nSPS) is 13.9. The standard InChI is InChI=1S/C25H22N3O2/c1-26(2)19-10-13-22-21(12-7-17-5-8-18(9-6-17)28(29)30)23-14-11-20(27(3)4)16-25(23)24(22)15-19/h5-6,8-11,13-16H,1-4H3/q+1. The van der Waals surface area contributed by atoms with Gasteiger partial charge in [0.15, 0.2) is 5.71 Å². The summed E-state index contributed by atoms with van der Waals surface area (Å²) in [6, 6.07) is 12.8. The summed E-state index contributed by atoms with van der Waals surface area (Å²) >= 11 is 0. The van der Waals surface area contributed by atoms with Crippen LogP contribution in [0.3, 0.4) is 0 Å². The van der Waals surface area contributed by atoms with E-state index < -0.39 is 4.92 Å². The van der Waals surface area contributed by atoms with Crippen molar-refractivity contribution in [3.05, 3.63) is 93.1 Å². The van der Waals surface area contributed by atoms with Crippen LogP contribution in [0.4, 0.5) is 11.4 Å². The third kappa shape index (κ3) is 3.44. The maximum absolute atomic E-state index is 10.9. The first kappa shape index (κ1) is 19.4. The molecule has 2 aromatic carbocycles. The van der Waals surface area contributed by atoms with E-state index in [0.29, 0.717) is 0 Å².